The average molecular weight is 513 g/mol. The van der Waals surface area contributed by atoms with Gasteiger partial charge >= 0.3 is 6.18 Å². The number of carbonyl (C=O) groups excluding carboxylic acids is 2. The highest BCUT2D eigenvalue weighted by molar-refractivity contribution is 6.35. The van der Waals surface area contributed by atoms with Crippen molar-refractivity contribution in [3.63, 3.8) is 0 Å². The minimum absolute atomic E-state index is 0.0780. The maximum absolute atomic E-state index is 13.8. The molecule has 0 aliphatic heterocycles. The van der Waals surface area contributed by atoms with E-state index in [2.05, 4.69) is 10.3 Å². The Morgan fingerprint density at radius 2 is 1.56 bits per heavy atom. The molecule has 0 atom stereocenters. The number of amides is 1. The fourth-order valence-corrected chi connectivity index (χ4v) is 3.75. The van der Waals surface area contributed by atoms with Gasteiger partial charge in [-0.1, -0.05) is 23.2 Å². The number of aromatic nitrogens is 1. The summed E-state index contributed by atoms with van der Waals surface area (Å²) in [5.74, 6) is -2.47. The van der Waals surface area contributed by atoms with Crippen molar-refractivity contribution < 1.29 is 27.2 Å². The maximum Gasteiger partial charge on any atom is 0.417 e. The number of hydrogen-bond donors (Lipinski definition) is 1. The number of fused-ring (bicyclic) bond motifs is 1. The van der Waals surface area contributed by atoms with Gasteiger partial charge in [0.05, 0.1) is 15.6 Å². The first-order valence-electron chi connectivity index (χ1n) is 9.86. The quantitative estimate of drug-likeness (QED) is 0.176. The van der Waals surface area contributed by atoms with Crippen LogP contribution in [0.5, 0.6) is 0 Å². The molecule has 1 heterocycles. The van der Waals surface area contributed by atoms with Crippen LogP contribution >= 0.6 is 23.2 Å². The van der Waals surface area contributed by atoms with Crippen LogP contribution in [0.2, 0.25) is 10.0 Å². The minimum Gasteiger partial charge on any atom is -0.347 e. The number of ketones is 1. The lowest BCUT2D eigenvalue weighted by molar-refractivity contribution is -0.0689. The fourth-order valence-electron chi connectivity index (χ4n) is 3.26. The summed E-state index contributed by atoms with van der Waals surface area (Å²) in [5.41, 5.74) is -2.32. The highest BCUT2D eigenvalue weighted by Crippen LogP contribution is 2.38. The van der Waals surface area contributed by atoms with Crippen LogP contribution in [0.1, 0.15) is 47.1 Å². The summed E-state index contributed by atoms with van der Waals surface area (Å²) in [6.07, 6.45) is -1.86. The van der Waals surface area contributed by atoms with Gasteiger partial charge in [0.25, 0.3) is 5.91 Å². The zero-order chi connectivity index (χ0) is 25.4. The first-order valence-corrected chi connectivity index (χ1v) is 10.6. The highest BCUT2D eigenvalue weighted by atomic mass is 35.5. The van der Waals surface area contributed by atoms with Crippen LogP contribution in [0.3, 0.4) is 0 Å². The Morgan fingerprint density at radius 1 is 0.971 bits per heavy atom. The number of halogens is 6. The molecule has 1 aromatic heterocycles. The highest BCUT2D eigenvalue weighted by Gasteiger charge is 2.36. The second kappa shape index (κ2) is 9.35. The van der Waals surface area contributed by atoms with Gasteiger partial charge in [-0.25, -0.2) is 4.39 Å². The molecule has 3 aromatic rings. The molecule has 0 saturated heterocycles. The minimum atomic E-state index is -4.97. The Hall–Kier alpha value is -2.97. The van der Waals surface area contributed by atoms with E-state index < -0.39 is 50.4 Å². The van der Waals surface area contributed by atoms with E-state index in [1.54, 1.807) is 20.8 Å². The smallest absolute Gasteiger partial charge is 0.347 e. The van der Waals surface area contributed by atoms with E-state index in [0.29, 0.717) is 11.5 Å². The summed E-state index contributed by atoms with van der Waals surface area (Å²) in [4.78, 5) is 29.7. The van der Waals surface area contributed by atoms with Crippen LogP contribution in [0, 0.1) is 5.82 Å². The van der Waals surface area contributed by atoms with Crippen molar-refractivity contribution >= 4 is 51.2 Å². The lowest BCUT2D eigenvalue weighted by atomic mass is 9.95. The molecule has 0 radical (unpaired) electrons. The Kier molecular flexibility index (Phi) is 7.05. The maximum atomic E-state index is 13.8. The molecule has 0 fully saturated rings. The molecule has 178 valence electrons. The third-order valence-corrected chi connectivity index (χ3v) is 5.24. The van der Waals surface area contributed by atoms with Crippen molar-refractivity contribution in [3.05, 3.63) is 81.4 Å². The Labute approximate surface area is 202 Å². The largest absolute Gasteiger partial charge is 0.417 e. The monoisotopic (exact) mass is 512 g/mol. The molecule has 0 saturated carbocycles. The second-order valence-electron chi connectivity index (χ2n) is 8.46. The van der Waals surface area contributed by atoms with Gasteiger partial charge in [0.2, 0.25) is 0 Å². The number of nitrogens with zero attached hydrogens (tertiary/aromatic N) is 1. The van der Waals surface area contributed by atoms with Gasteiger partial charge in [-0.15, -0.1) is 0 Å². The van der Waals surface area contributed by atoms with Crippen LogP contribution in [0.4, 0.5) is 17.6 Å². The summed E-state index contributed by atoms with van der Waals surface area (Å²) < 4.78 is 55.2. The molecule has 0 aliphatic rings. The lowest BCUT2D eigenvalue weighted by Gasteiger charge is -2.21. The van der Waals surface area contributed by atoms with Crippen LogP contribution < -0.4 is 5.32 Å². The van der Waals surface area contributed by atoms with Crippen molar-refractivity contribution in [3.8, 4) is 0 Å². The summed E-state index contributed by atoms with van der Waals surface area (Å²) in [7, 11) is 0. The van der Waals surface area contributed by atoms with Gasteiger partial charge < -0.3 is 5.32 Å². The van der Waals surface area contributed by atoms with Gasteiger partial charge in [-0.3, -0.25) is 14.6 Å². The summed E-state index contributed by atoms with van der Waals surface area (Å²) in [6.45, 7) is 5.38. The number of allylic oxidation sites excluding steroid dienone is 2. The summed E-state index contributed by atoms with van der Waals surface area (Å²) in [5, 5.41) is 2.11. The number of hydrogen-bond acceptors (Lipinski definition) is 3. The van der Waals surface area contributed by atoms with Crippen LogP contribution in [0.15, 0.2) is 48.8 Å². The van der Waals surface area contributed by atoms with Gasteiger partial charge in [-0.05, 0) is 68.1 Å². The normalized spacial score (nSPS) is 12.7. The zero-order valence-corrected chi connectivity index (χ0v) is 19.7. The molecular formula is C24H18Cl2F4N2O2. The average Bonchev–Trinajstić information content (AvgIpc) is 2.72. The number of alkyl halides is 3. The Balaban J connectivity index is 2.15. The van der Waals surface area contributed by atoms with Crippen molar-refractivity contribution in [1.82, 2.24) is 10.3 Å². The number of carbonyl (C=O) groups is 2. The van der Waals surface area contributed by atoms with Crippen molar-refractivity contribution in [2.45, 2.75) is 32.5 Å². The Bertz CT molecular complexity index is 1310. The first kappa shape index (κ1) is 25.6. The molecule has 0 spiro atoms. The summed E-state index contributed by atoms with van der Waals surface area (Å²) >= 11 is 11.3. The number of nitrogens with one attached hydrogen (secondary N) is 1. The SMILES string of the molecule is CC(C)(C)NC(=O)c1ccc(C(=O)C=C(c2cc(Cl)c(F)c(Cl)c2)C(F)(F)F)c2ccncc12. The molecule has 1 amide bonds. The van der Waals surface area contributed by atoms with E-state index >= 15 is 0 Å². The predicted octanol–water partition coefficient (Wildman–Crippen LogP) is 7.04. The van der Waals surface area contributed by atoms with Crippen LogP contribution in [-0.2, 0) is 0 Å². The van der Waals surface area contributed by atoms with E-state index in [9.17, 15) is 27.2 Å². The standard InChI is InChI=1S/C24H18Cl2F4N2O2/c1-23(2,3)32-22(34)15-5-4-14(13-6-7-31-11-16(13)15)20(33)10-17(24(28,29)30)12-8-18(25)21(27)19(26)9-12/h4-11H,1-3H3,(H,32,34). The van der Waals surface area contributed by atoms with E-state index in [1.807, 2.05) is 0 Å². The van der Waals surface area contributed by atoms with Gasteiger partial charge in [0, 0.05) is 34.4 Å². The molecule has 0 bridgehead atoms. The molecule has 4 nitrogen and oxygen atoms in total. The predicted molar refractivity (Wildman–Crippen MR) is 124 cm³/mol. The molecule has 2 aromatic carbocycles. The number of benzene rings is 2. The zero-order valence-electron chi connectivity index (χ0n) is 18.2. The molecule has 3 rings (SSSR count). The molecule has 1 N–H and O–H groups in total. The molecule has 10 heteroatoms. The van der Waals surface area contributed by atoms with E-state index in [1.165, 1.54) is 30.6 Å². The molecule has 34 heavy (non-hydrogen) atoms. The van der Waals surface area contributed by atoms with Crippen molar-refractivity contribution in [2.24, 2.45) is 0 Å². The number of pyridine rings is 1. The topological polar surface area (TPSA) is 59.1 Å². The van der Waals surface area contributed by atoms with Crippen LogP contribution in [-0.4, -0.2) is 28.4 Å². The van der Waals surface area contributed by atoms with Crippen molar-refractivity contribution in [1.29, 1.82) is 0 Å². The van der Waals surface area contributed by atoms with E-state index in [0.717, 1.165) is 12.1 Å². The fraction of sp³-hybridized carbons (Fsp3) is 0.208. The van der Waals surface area contributed by atoms with E-state index in [4.69, 9.17) is 23.2 Å². The number of rotatable bonds is 4. The van der Waals surface area contributed by atoms with Crippen LogP contribution in [0.25, 0.3) is 16.3 Å². The third kappa shape index (κ3) is 5.56. The van der Waals surface area contributed by atoms with Gasteiger partial charge in [0.1, 0.15) is 0 Å². The third-order valence-electron chi connectivity index (χ3n) is 4.69. The second-order valence-corrected chi connectivity index (χ2v) is 9.27. The molecule has 0 unspecified atom stereocenters. The summed E-state index contributed by atoms with van der Waals surface area (Å²) in [6, 6.07) is 5.56. The molecular weight excluding hydrogens is 495 g/mol. The molecule has 0 aliphatic carbocycles. The Morgan fingerprint density at radius 3 is 2.12 bits per heavy atom. The van der Waals surface area contributed by atoms with Gasteiger partial charge in [-0.2, -0.15) is 13.2 Å². The first-order chi connectivity index (χ1) is 15.7. The lowest BCUT2D eigenvalue weighted by Crippen LogP contribution is -2.40. The van der Waals surface area contributed by atoms with E-state index in [-0.39, 0.29) is 16.5 Å². The van der Waals surface area contributed by atoms with Gasteiger partial charge in [0.15, 0.2) is 11.6 Å². The van der Waals surface area contributed by atoms with Crippen molar-refractivity contribution in [2.75, 3.05) is 0 Å².